The highest BCUT2D eigenvalue weighted by atomic mass is 16.2. The fourth-order valence-corrected chi connectivity index (χ4v) is 3.20. The van der Waals surface area contributed by atoms with E-state index >= 15 is 0 Å². The van der Waals surface area contributed by atoms with Gasteiger partial charge in [-0.1, -0.05) is 0 Å². The molecule has 0 bridgehead atoms. The number of amides is 2. The van der Waals surface area contributed by atoms with Gasteiger partial charge in [0.2, 0.25) is 5.91 Å². The van der Waals surface area contributed by atoms with Gasteiger partial charge in [0.15, 0.2) is 0 Å². The van der Waals surface area contributed by atoms with Crippen LogP contribution in [0.15, 0.2) is 36.8 Å². The van der Waals surface area contributed by atoms with E-state index in [1.807, 2.05) is 10.7 Å². The molecule has 4 rings (SSSR count). The number of piperidine rings is 1. The van der Waals surface area contributed by atoms with Crippen molar-refractivity contribution < 1.29 is 9.59 Å². The lowest BCUT2D eigenvalue weighted by Crippen LogP contribution is -2.33. The van der Waals surface area contributed by atoms with Crippen molar-refractivity contribution >= 4 is 28.4 Å². The van der Waals surface area contributed by atoms with Crippen molar-refractivity contribution in [3.63, 3.8) is 0 Å². The Morgan fingerprint density at radius 3 is 3.07 bits per heavy atom. The number of carbonyl (C=O) groups excluding carboxylic acids is 2. The summed E-state index contributed by atoms with van der Waals surface area (Å²) in [6.45, 7) is 1.76. The number of benzene rings is 1. The van der Waals surface area contributed by atoms with Gasteiger partial charge in [-0.2, -0.15) is 10.2 Å². The third-order valence-electron chi connectivity index (χ3n) is 4.64. The number of hydrogen-bond acceptors (Lipinski definition) is 5. The number of fused-ring (bicyclic) bond motifs is 1. The van der Waals surface area contributed by atoms with Gasteiger partial charge >= 0.3 is 0 Å². The van der Waals surface area contributed by atoms with Crippen molar-refractivity contribution in [1.29, 1.82) is 0 Å². The van der Waals surface area contributed by atoms with Crippen molar-refractivity contribution in [3.8, 4) is 0 Å². The van der Waals surface area contributed by atoms with Crippen molar-refractivity contribution in [3.05, 3.63) is 42.4 Å². The van der Waals surface area contributed by atoms with Gasteiger partial charge < -0.3 is 16.0 Å². The van der Waals surface area contributed by atoms with E-state index in [-0.39, 0.29) is 24.4 Å². The van der Waals surface area contributed by atoms with Gasteiger partial charge in [0.05, 0.1) is 36.1 Å². The number of nitrogens with zero attached hydrogens (tertiary/aromatic N) is 3. The van der Waals surface area contributed by atoms with E-state index in [4.69, 9.17) is 0 Å². The van der Waals surface area contributed by atoms with Gasteiger partial charge in [0.1, 0.15) is 0 Å². The van der Waals surface area contributed by atoms with Crippen LogP contribution in [0.25, 0.3) is 10.9 Å². The summed E-state index contributed by atoms with van der Waals surface area (Å²) >= 11 is 0. The normalized spacial score (nSPS) is 17.0. The van der Waals surface area contributed by atoms with Crippen LogP contribution in [0.5, 0.6) is 0 Å². The molecule has 2 aromatic heterocycles. The molecule has 1 fully saturated rings. The van der Waals surface area contributed by atoms with E-state index in [9.17, 15) is 9.59 Å². The molecule has 0 radical (unpaired) electrons. The van der Waals surface area contributed by atoms with Crippen LogP contribution in [-0.2, 0) is 4.79 Å². The zero-order valence-electron chi connectivity index (χ0n) is 14.7. The maximum Gasteiger partial charge on any atom is 0.254 e. The van der Waals surface area contributed by atoms with Crippen LogP contribution in [0.2, 0.25) is 0 Å². The van der Waals surface area contributed by atoms with Crippen LogP contribution in [0, 0.1) is 0 Å². The summed E-state index contributed by atoms with van der Waals surface area (Å²) in [4.78, 5) is 24.4. The largest absolute Gasteiger partial charge is 0.343 e. The van der Waals surface area contributed by atoms with Gasteiger partial charge in [-0.15, -0.1) is 0 Å². The Hall–Kier alpha value is -3.20. The molecule has 3 heterocycles. The molecule has 1 saturated heterocycles. The second-order valence-corrected chi connectivity index (χ2v) is 6.61. The highest BCUT2D eigenvalue weighted by Crippen LogP contribution is 2.17. The van der Waals surface area contributed by atoms with Crippen LogP contribution < -0.4 is 16.0 Å². The predicted molar refractivity (Wildman–Crippen MR) is 100 cm³/mol. The summed E-state index contributed by atoms with van der Waals surface area (Å²) < 4.78 is 1.82. The monoisotopic (exact) mass is 367 g/mol. The fraction of sp³-hybridized carbons (Fsp3) is 0.333. The summed E-state index contributed by atoms with van der Waals surface area (Å²) in [5.41, 5.74) is 1.93. The van der Waals surface area contributed by atoms with E-state index in [0.717, 1.165) is 36.8 Å². The fourth-order valence-electron chi connectivity index (χ4n) is 3.20. The predicted octanol–water partition coefficient (Wildman–Crippen LogP) is 1.05. The quantitative estimate of drug-likeness (QED) is 0.538. The SMILES string of the molecule is O=C(CNC(=O)c1cnn(C2CCCNC2)c1)Nc1ccc2cn[nH]c2c1. The minimum absolute atomic E-state index is 0.115. The first-order valence-electron chi connectivity index (χ1n) is 8.95. The summed E-state index contributed by atoms with van der Waals surface area (Å²) in [6.07, 6.45) is 7.12. The number of anilines is 1. The van der Waals surface area contributed by atoms with Crippen LogP contribution >= 0.6 is 0 Å². The first-order chi connectivity index (χ1) is 13.2. The van der Waals surface area contributed by atoms with Crippen molar-refractivity contribution in [1.82, 2.24) is 30.6 Å². The standard InChI is InChI=1S/C18H21N7O2/c26-17(23-14-4-3-12-7-21-24-16(12)6-14)10-20-18(27)13-8-22-25(11-13)15-2-1-5-19-9-15/h3-4,6-8,11,15,19H,1-2,5,9-10H2,(H,20,27)(H,21,24)(H,23,26). The minimum atomic E-state index is -0.316. The number of nitrogens with one attached hydrogen (secondary N) is 4. The Balaban J connectivity index is 1.30. The first kappa shape index (κ1) is 17.2. The van der Waals surface area contributed by atoms with Crippen LogP contribution in [0.3, 0.4) is 0 Å². The van der Waals surface area contributed by atoms with Gasteiger partial charge in [0.25, 0.3) is 5.91 Å². The molecule has 1 aliphatic rings. The van der Waals surface area contributed by atoms with Gasteiger partial charge in [-0.05, 0) is 37.6 Å². The van der Waals surface area contributed by atoms with E-state index in [1.54, 1.807) is 24.5 Å². The van der Waals surface area contributed by atoms with E-state index < -0.39 is 0 Å². The van der Waals surface area contributed by atoms with Gasteiger partial charge in [0, 0.05) is 23.8 Å². The highest BCUT2D eigenvalue weighted by molar-refractivity contribution is 5.99. The third-order valence-corrected chi connectivity index (χ3v) is 4.64. The zero-order chi connectivity index (χ0) is 18.6. The Labute approximate surface area is 155 Å². The Bertz CT molecular complexity index is 955. The molecule has 0 aliphatic carbocycles. The molecule has 1 aliphatic heterocycles. The minimum Gasteiger partial charge on any atom is -0.343 e. The second kappa shape index (κ2) is 7.58. The van der Waals surface area contributed by atoms with Gasteiger partial charge in [-0.25, -0.2) is 0 Å². The molecular formula is C18H21N7O2. The average molecular weight is 367 g/mol. The third kappa shape index (κ3) is 3.98. The molecule has 0 saturated carbocycles. The summed E-state index contributed by atoms with van der Waals surface area (Å²) in [5.74, 6) is -0.615. The smallest absolute Gasteiger partial charge is 0.254 e. The van der Waals surface area contributed by atoms with Crippen LogP contribution in [0.4, 0.5) is 5.69 Å². The lowest BCUT2D eigenvalue weighted by molar-refractivity contribution is -0.115. The van der Waals surface area contributed by atoms with Crippen molar-refractivity contribution in [2.24, 2.45) is 0 Å². The van der Waals surface area contributed by atoms with E-state index in [1.165, 1.54) is 6.20 Å². The maximum absolute atomic E-state index is 12.3. The molecule has 1 atom stereocenters. The number of aromatic nitrogens is 4. The average Bonchev–Trinajstić information content (AvgIpc) is 3.36. The molecule has 1 aromatic carbocycles. The molecule has 9 heteroatoms. The number of rotatable bonds is 5. The molecule has 2 amide bonds. The first-order valence-corrected chi connectivity index (χ1v) is 8.95. The summed E-state index contributed by atoms with van der Waals surface area (Å²) in [6, 6.07) is 5.71. The lowest BCUT2D eigenvalue weighted by atomic mass is 10.1. The Morgan fingerprint density at radius 2 is 2.22 bits per heavy atom. The van der Waals surface area contributed by atoms with Crippen molar-refractivity contribution in [2.75, 3.05) is 25.0 Å². The van der Waals surface area contributed by atoms with E-state index in [0.29, 0.717) is 11.3 Å². The van der Waals surface area contributed by atoms with E-state index in [2.05, 4.69) is 31.2 Å². The number of aromatic amines is 1. The Kier molecular flexibility index (Phi) is 4.84. The molecule has 9 nitrogen and oxygen atoms in total. The zero-order valence-corrected chi connectivity index (χ0v) is 14.7. The van der Waals surface area contributed by atoms with Crippen LogP contribution in [-0.4, -0.2) is 51.4 Å². The Morgan fingerprint density at radius 1 is 1.30 bits per heavy atom. The summed E-state index contributed by atoms with van der Waals surface area (Å²) in [5, 5.41) is 20.8. The topological polar surface area (TPSA) is 117 Å². The highest BCUT2D eigenvalue weighted by Gasteiger charge is 2.17. The molecule has 27 heavy (non-hydrogen) atoms. The second-order valence-electron chi connectivity index (χ2n) is 6.61. The molecule has 0 spiro atoms. The van der Waals surface area contributed by atoms with Crippen molar-refractivity contribution in [2.45, 2.75) is 18.9 Å². The lowest BCUT2D eigenvalue weighted by Gasteiger charge is -2.22. The number of H-pyrrole nitrogens is 1. The molecule has 4 N–H and O–H groups in total. The summed E-state index contributed by atoms with van der Waals surface area (Å²) in [7, 11) is 0. The number of carbonyl (C=O) groups is 2. The molecule has 1 unspecified atom stereocenters. The maximum atomic E-state index is 12.3. The number of hydrogen-bond donors (Lipinski definition) is 4. The van der Waals surface area contributed by atoms with Crippen LogP contribution in [0.1, 0.15) is 29.2 Å². The molecular weight excluding hydrogens is 346 g/mol. The van der Waals surface area contributed by atoms with Gasteiger partial charge in [-0.3, -0.25) is 19.4 Å². The molecule has 140 valence electrons. The molecule has 3 aromatic rings.